The van der Waals surface area contributed by atoms with E-state index >= 15 is 0 Å². The van der Waals surface area contributed by atoms with Crippen LogP contribution in [0.1, 0.15) is 78.1 Å². The van der Waals surface area contributed by atoms with Gasteiger partial charge in [-0.25, -0.2) is 4.79 Å². The Kier molecular flexibility index (Phi) is 16.9. The molecule has 8 N–H and O–H groups in total. The number of ether oxygens (including phenoxy) is 4. The largest absolute Gasteiger partial charge is 0.388 e. The number of hydrogen-bond donors (Lipinski definition) is 8. The number of imide groups is 1. The third-order valence-corrected chi connectivity index (χ3v) is 10.5. The Morgan fingerprint density at radius 1 is 0.696 bits per heavy atom. The minimum absolute atomic E-state index is 0.000287. The molecule has 0 saturated carbocycles. The summed E-state index contributed by atoms with van der Waals surface area (Å²) < 4.78 is 21.8. The number of rotatable bonds is 18. The number of amides is 5. The number of carbonyl (C=O) groups is 6. The first-order valence-electron chi connectivity index (χ1n) is 19.0. The van der Waals surface area contributed by atoms with Crippen molar-refractivity contribution in [3.8, 4) is 0 Å². The molecule has 4 saturated heterocycles. The Labute approximate surface area is 323 Å². The third kappa shape index (κ3) is 12.3. The second-order valence-corrected chi connectivity index (χ2v) is 14.8. The van der Waals surface area contributed by atoms with Gasteiger partial charge in [0, 0.05) is 64.7 Å². The maximum Gasteiger partial charge on any atom is 0.333 e. The molecule has 4 rings (SSSR count). The van der Waals surface area contributed by atoms with Gasteiger partial charge in [-0.05, 0) is 44.9 Å². The highest BCUT2D eigenvalue weighted by molar-refractivity contribution is 6.01. The van der Waals surface area contributed by atoms with Crippen LogP contribution in [-0.2, 0) is 52.6 Å². The number of nitrogens with one attached hydrogen (secondary N) is 2. The molecule has 0 radical (unpaired) electrons. The SMILES string of the molecule is C[C@@H]1O[C@@H](OCCNC(=O)CC2(CC(=O)NCCO[C@@H]3O[C@@H](C)[C@@H](O)[C@@H](O)[C@@H]3O)CCN(C(=O)CCCCC(=O)ON3C(=O)CCC3=O)CC2)[C@@H](O)[C@H](O)[C@@H]1O. The molecule has 4 aliphatic heterocycles. The van der Waals surface area contributed by atoms with E-state index in [4.69, 9.17) is 23.8 Å². The van der Waals surface area contributed by atoms with Crippen molar-refractivity contribution in [1.82, 2.24) is 20.6 Å². The van der Waals surface area contributed by atoms with Crippen LogP contribution < -0.4 is 10.6 Å². The first-order valence-corrected chi connectivity index (χ1v) is 19.0. The van der Waals surface area contributed by atoms with Gasteiger partial charge in [-0.3, -0.25) is 24.0 Å². The molecule has 0 aliphatic carbocycles. The molecule has 10 atom stereocenters. The molecule has 56 heavy (non-hydrogen) atoms. The fraction of sp³-hybridized carbons (Fsp3) is 0.829. The summed E-state index contributed by atoms with van der Waals surface area (Å²) in [6.45, 7) is 3.33. The van der Waals surface area contributed by atoms with Crippen molar-refractivity contribution in [1.29, 1.82) is 0 Å². The number of hydroxylamine groups is 2. The Bertz CT molecular complexity index is 1310. The Balaban J connectivity index is 1.24. The first kappa shape index (κ1) is 45.3. The summed E-state index contributed by atoms with van der Waals surface area (Å²) in [6, 6.07) is 0. The quantitative estimate of drug-likeness (QED) is 0.0492. The van der Waals surface area contributed by atoms with Gasteiger partial charge >= 0.3 is 5.97 Å². The van der Waals surface area contributed by atoms with Crippen LogP contribution >= 0.6 is 0 Å². The molecule has 0 bridgehead atoms. The van der Waals surface area contributed by atoms with Gasteiger partial charge < -0.3 is 70.0 Å². The van der Waals surface area contributed by atoms with E-state index in [0.717, 1.165) is 0 Å². The average Bonchev–Trinajstić information content (AvgIpc) is 3.47. The van der Waals surface area contributed by atoms with E-state index in [1.807, 2.05) is 0 Å². The monoisotopic (exact) mass is 804 g/mol. The van der Waals surface area contributed by atoms with Gasteiger partial charge in [-0.2, -0.15) is 0 Å². The molecule has 0 aromatic carbocycles. The van der Waals surface area contributed by atoms with E-state index in [0.29, 0.717) is 24.3 Å². The second kappa shape index (κ2) is 20.9. The summed E-state index contributed by atoms with van der Waals surface area (Å²) >= 11 is 0. The predicted octanol–water partition coefficient (Wildman–Crippen LogP) is -3.54. The molecule has 5 amide bonds. The highest BCUT2D eigenvalue weighted by atomic mass is 16.7. The molecule has 0 unspecified atom stereocenters. The summed E-state index contributed by atoms with van der Waals surface area (Å²) in [4.78, 5) is 81.3. The molecule has 4 aliphatic rings. The summed E-state index contributed by atoms with van der Waals surface area (Å²) in [5, 5.41) is 66.0. The van der Waals surface area contributed by atoms with Crippen molar-refractivity contribution < 1.29 is 83.2 Å². The van der Waals surface area contributed by atoms with Crippen molar-refractivity contribution in [3.05, 3.63) is 0 Å². The van der Waals surface area contributed by atoms with Crippen LogP contribution in [0.4, 0.5) is 0 Å². The van der Waals surface area contributed by atoms with Crippen molar-refractivity contribution in [3.63, 3.8) is 0 Å². The van der Waals surface area contributed by atoms with E-state index in [1.54, 1.807) is 4.90 Å². The van der Waals surface area contributed by atoms with Crippen LogP contribution in [0, 0.1) is 5.41 Å². The lowest BCUT2D eigenvalue weighted by Crippen LogP contribution is -2.57. The van der Waals surface area contributed by atoms with E-state index in [-0.39, 0.29) is 90.2 Å². The van der Waals surface area contributed by atoms with Crippen LogP contribution in [0.3, 0.4) is 0 Å². The minimum atomic E-state index is -1.50. The predicted molar refractivity (Wildman–Crippen MR) is 186 cm³/mol. The lowest BCUT2D eigenvalue weighted by atomic mass is 9.72. The zero-order chi connectivity index (χ0) is 41.2. The zero-order valence-electron chi connectivity index (χ0n) is 31.7. The van der Waals surface area contributed by atoms with Crippen molar-refractivity contribution in [2.24, 2.45) is 5.41 Å². The number of nitrogens with zero attached hydrogens (tertiary/aromatic N) is 2. The van der Waals surface area contributed by atoms with Crippen molar-refractivity contribution >= 4 is 35.5 Å². The summed E-state index contributed by atoms with van der Waals surface area (Å²) in [5.74, 6) is -2.89. The number of carbonyl (C=O) groups excluding carboxylic acids is 6. The van der Waals surface area contributed by atoms with Crippen LogP contribution in [0.25, 0.3) is 0 Å². The Hall–Kier alpha value is -3.38. The van der Waals surface area contributed by atoms with Gasteiger partial charge in [0.1, 0.15) is 36.6 Å². The first-order chi connectivity index (χ1) is 26.5. The van der Waals surface area contributed by atoms with Crippen LogP contribution in [0.15, 0.2) is 0 Å². The summed E-state index contributed by atoms with van der Waals surface area (Å²) in [6.07, 6.45) is -11.5. The fourth-order valence-electron chi connectivity index (χ4n) is 6.99. The molecule has 318 valence electrons. The van der Waals surface area contributed by atoms with Gasteiger partial charge in [-0.1, -0.05) is 0 Å². The normalized spacial score (nSPS) is 31.9. The van der Waals surface area contributed by atoms with E-state index in [2.05, 4.69) is 10.6 Å². The fourth-order valence-corrected chi connectivity index (χ4v) is 6.99. The van der Waals surface area contributed by atoms with Crippen molar-refractivity contribution in [2.45, 2.75) is 139 Å². The van der Waals surface area contributed by atoms with Gasteiger partial charge in [0.05, 0.1) is 25.4 Å². The topological polar surface area (TPSA) is 300 Å². The molecule has 0 spiro atoms. The summed E-state index contributed by atoms with van der Waals surface area (Å²) in [7, 11) is 0. The maximum atomic E-state index is 13.2. The van der Waals surface area contributed by atoms with Crippen LogP contribution in [0.5, 0.6) is 0 Å². The van der Waals surface area contributed by atoms with Crippen LogP contribution in [0.2, 0.25) is 0 Å². The Morgan fingerprint density at radius 3 is 1.61 bits per heavy atom. The molecule has 21 nitrogen and oxygen atoms in total. The van der Waals surface area contributed by atoms with Gasteiger partial charge in [-0.15, -0.1) is 5.06 Å². The van der Waals surface area contributed by atoms with Gasteiger partial charge in [0.25, 0.3) is 11.8 Å². The molecular formula is C35H56N4O17. The van der Waals surface area contributed by atoms with Crippen LogP contribution in [-0.4, -0.2) is 177 Å². The minimum Gasteiger partial charge on any atom is -0.388 e. The van der Waals surface area contributed by atoms with E-state index < -0.39 is 96.4 Å². The molecule has 4 heterocycles. The number of likely N-dealkylation sites (tertiary alicyclic amines) is 1. The highest BCUT2D eigenvalue weighted by Gasteiger charge is 2.44. The Morgan fingerprint density at radius 2 is 1.14 bits per heavy atom. The molecular weight excluding hydrogens is 748 g/mol. The number of hydrogen-bond acceptors (Lipinski definition) is 17. The molecule has 0 aromatic rings. The van der Waals surface area contributed by atoms with Gasteiger partial charge in [0.15, 0.2) is 12.6 Å². The number of aliphatic hydroxyl groups excluding tert-OH is 6. The number of aliphatic hydroxyl groups is 6. The van der Waals surface area contributed by atoms with E-state index in [9.17, 15) is 59.4 Å². The number of piperidine rings is 1. The average molecular weight is 805 g/mol. The lowest BCUT2D eigenvalue weighted by molar-refractivity contribution is -0.292. The lowest BCUT2D eigenvalue weighted by Gasteiger charge is -2.41. The third-order valence-electron chi connectivity index (χ3n) is 10.5. The molecule has 4 fully saturated rings. The summed E-state index contributed by atoms with van der Waals surface area (Å²) in [5.41, 5.74) is -0.850. The molecule has 21 heteroatoms. The second-order valence-electron chi connectivity index (χ2n) is 14.8. The molecule has 0 aromatic heterocycles. The number of unbranched alkanes of at least 4 members (excludes halogenated alkanes) is 1. The van der Waals surface area contributed by atoms with Crippen molar-refractivity contribution in [2.75, 3.05) is 39.4 Å². The van der Waals surface area contributed by atoms with Gasteiger partial charge in [0.2, 0.25) is 17.7 Å². The standard InChI is InChI=1S/C35H56N4O17/c1-19-27(46)29(48)31(50)33(54-19)52-15-11-36-21(40)17-35(18-22(41)37-12-16-53-34-32(51)30(49)28(47)20(2)55-34)9-13-38(14-10-35)23(42)5-3-4-6-26(45)56-39-24(43)7-8-25(39)44/h19-20,27-34,46-51H,3-18H2,1-2H3,(H,36,40)(H,37,41)/t19-,20-,27+,28+,29+,30+,31-,32-,33+,34+/m0/s1. The zero-order valence-corrected chi connectivity index (χ0v) is 31.7. The highest BCUT2D eigenvalue weighted by Crippen LogP contribution is 2.39. The van der Waals surface area contributed by atoms with E-state index in [1.165, 1.54) is 13.8 Å². The maximum absolute atomic E-state index is 13.2. The smallest absolute Gasteiger partial charge is 0.333 e.